The van der Waals surface area contributed by atoms with E-state index >= 15 is 0 Å². The average molecular weight is 377 g/mol. The number of carbonyl (C=O) groups is 2. The Hall–Kier alpha value is -3.68. The second-order valence-corrected chi connectivity index (χ2v) is 6.36. The van der Waals surface area contributed by atoms with Crippen molar-refractivity contribution in [2.75, 3.05) is 36.4 Å². The molecule has 28 heavy (non-hydrogen) atoms. The smallest absolute Gasteiger partial charge is 0.289 e. The number of furan rings is 1. The van der Waals surface area contributed by atoms with Gasteiger partial charge in [0.25, 0.3) is 11.8 Å². The van der Waals surface area contributed by atoms with Crippen molar-refractivity contribution in [1.29, 1.82) is 0 Å². The van der Waals surface area contributed by atoms with Gasteiger partial charge in [0.05, 0.1) is 23.7 Å². The molecule has 4 heterocycles. The van der Waals surface area contributed by atoms with Crippen LogP contribution in [-0.4, -0.2) is 52.9 Å². The van der Waals surface area contributed by atoms with Crippen molar-refractivity contribution >= 4 is 23.3 Å². The molecule has 1 N–H and O–H groups in total. The Morgan fingerprint density at radius 3 is 2.50 bits per heavy atom. The summed E-state index contributed by atoms with van der Waals surface area (Å²) in [5.74, 6) is 0.850. The Balaban J connectivity index is 1.33. The highest BCUT2D eigenvalue weighted by Gasteiger charge is 2.24. The molecule has 8 nitrogen and oxygen atoms in total. The van der Waals surface area contributed by atoms with E-state index in [1.54, 1.807) is 41.6 Å². The number of hydrogen-bond acceptors (Lipinski definition) is 6. The maximum Gasteiger partial charge on any atom is 0.289 e. The van der Waals surface area contributed by atoms with Crippen LogP contribution in [0.5, 0.6) is 0 Å². The molecule has 0 unspecified atom stereocenters. The average Bonchev–Trinajstić information content (AvgIpc) is 3.29. The fourth-order valence-corrected chi connectivity index (χ4v) is 3.04. The van der Waals surface area contributed by atoms with Crippen molar-refractivity contribution < 1.29 is 14.0 Å². The zero-order chi connectivity index (χ0) is 19.3. The first kappa shape index (κ1) is 17.7. The van der Waals surface area contributed by atoms with Crippen LogP contribution in [0, 0.1) is 0 Å². The van der Waals surface area contributed by atoms with Gasteiger partial charge in [0.2, 0.25) is 0 Å². The first-order valence-corrected chi connectivity index (χ1v) is 8.96. The van der Waals surface area contributed by atoms with E-state index in [4.69, 9.17) is 4.42 Å². The van der Waals surface area contributed by atoms with Crippen LogP contribution < -0.4 is 10.2 Å². The minimum Gasteiger partial charge on any atom is -0.459 e. The fraction of sp³-hybridized carbons (Fsp3) is 0.200. The topological polar surface area (TPSA) is 91.6 Å². The summed E-state index contributed by atoms with van der Waals surface area (Å²) < 4.78 is 5.18. The van der Waals surface area contributed by atoms with Crippen LogP contribution in [0.4, 0.5) is 11.5 Å². The summed E-state index contributed by atoms with van der Waals surface area (Å²) in [6, 6.07) is 10.5. The number of aromatic nitrogens is 2. The van der Waals surface area contributed by atoms with Gasteiger partial charge in [-0.2, -0.15) is 0 Å². The number of amides is 2. The SMILES string of the molecule is O=C(Nc1ccc(N2CCN(C(=O)c3ccco3)CC2)nc1)c1cccnc1. The van der Waals surface area contributed by atoms with Gasteiger partial charge < -0.3 is 19.5 Å². The van der Waals surface area contributed by atoms with Gasteiger partial charge >= 0.3 is 0 Å². The molecule has 142 valence electrons. The van der Waals surface area contributed by atoms with E-state index in [9.17, 15) is 9.59 Å². The van der Waals surface area contributed by atoms with E-state index in [1.807, 2.05) is 12.1 Å². The number of nitrogens with zero attached hydrogens (tertiary/aromatic N) is 4. The lowest BCUT2D eigenvalue weighted by atomic mass is 10.2. The second kappa shape index (κ2) is 7.91. The van der Waals surface area contributed by atoms with E-state index in [2.05, 4.69) is 20.2 Å². The summed E-state index contributed by atoms with van der Waals surface area (Å²) in [5, 5.41) is 2.80. The molecule has 3 aromatic rings. The Kier molecular flexibility index (Phi) is 5.01. The van der Waals surface area contributed by atoms with Crippen molar-refractivity contribution in [3.63, 3.8) is 0 Å². The molecule has 1 aliphatic rings. The van der Waals surface area contributed by atoms with Crippen molar-refractivity contribution in [3.05, 3.63) is 72.6 Å². The van der Waals surface area contributed by atoms with Gasteiger partial charge in [-0.15, -0.1) is 0 Å². The maximum absolute atomic E-state index is 12.3. The van der Waals surface area contributed by atoms with Crippen LogP contribution in [-0.2, 0) is 0 Å². The third kappa shape index (κ3) is 3.85. The standard InChI is InChI=1S/C20H19N5O3/c26-19(15-3-1-7-21-13-15)23-16-5-6-18(22-14-16)24-8-10-25(11-9-24)20(27)17-4-2-12-28-17/h1-7,12-14H,8-11H2,(H,23,26). The molecule has 1 saturated heterocycles. The normalized spacial score (nSPS) is 14.0. The molecule has 0 aliphatic carbocycles. The molecule has 8 heteroatoms. The number of anilines is 2. The highest BCUT2D eigenvalue weighted by atomic mass is 16.3. The fourth-order valence-electron chi connectivity index (χ4n) is 3.04. The molecule has 0 aromatic carbocycles. The Morgan fingerprint density at radius 1 is 1.00 bits per heavy atom. The van der Waals surface area contributed by atoms with Crippen LogP contribution in [0.2, 0.25) is 0 Å². The van der Waals surface area contributed by atoms with Gasteiger partial charge in [0.1, 0.15) is 5.82 Å². The molecule has 0 spiro atoms. The van der Waals surface area contributed by atoms with Gasteiger partial charge in [-0.3, -0.25) is 14.6 Å². The zero-order valence-corrected chi connectivity index (χ0v) is 15.1. The first-order valence-electron chi connectivity index (χ1n) is 8.96. The highest BCUT2D eigenvalue weighted by molar-refractivity contribution is 6.03. The summed E-state index contributed by atoms with van der Waals surface area (Å²) >= 11 is 0. The van der Waals surface area contributed by atoms with Gasteiger partial charge in [-0.05, 0) is 36.4 Å². The minimum absolute atomic E-state index is 0.0916. The maximum atomic E-state index is 12.3. The van der Waals surface area contributed by atoms with Gasteiger partial charge in [-0.25, -0.2) is 4.98 Å². The van der Waals surface area contributed by atoms with Crippen LogP contribution in [0.25, 0.3) is 0 Å². The quantitative estimate of drug-likeness (QED) is 0.750. The van der Waals surface area contributed by atoms with E-state index in [0.29, 0.717) is 43.2 Å². The molecule has 1 fully saturated rings. The number of nitrogens with one attached hydrogen (secondary N) is 1. The summed E-state index contributed by atoms with van der Waals surface area (Å²) in [7, 11) is 0. The lowest BCUT2D eigenvalue weighted by molar-refractivity contribution is 0.0714. The Morgan fingerprint density at radius 2 is 1.86 bits per heavy atom. The van der Waals surface area contributed by atoms with Crippen LogP contribution in [0.15, 0.2) is 65.7 Å². The molecular formula is C20H19N5O3. The molecular weight excluding hydrogens is 358 g/mol. The number of hydrogen-bond donors (Lipinski definition) is 1. The van der Waals surface area contributed by atoms with Crippen LogP contribution in [0.3, 0.4) is 0 Å². The summed E-state index contributed by atoms with van der Waals surface area (Å²) in [6.45, 7) is 2.56. The number of rotatable bonds is 4. The first-order chi connectivity index (χ1) is 13.7. The number of piperazine rings is 1. The largest absolute Gasteiger partial charge is 0.459 e. The van der Waals surface area contributed by atoms with Gasteiger partial charge in [0, 0.05) is 38.6 Å². The number of carbonyl (C=O) groups excluding carboxylic acids is 2. The van der Waals surface area contributed by atoms with E-state index in [0.717, 1.165) is 5.82 Å². The lowest BCUT2D eigenvalue weighted by Gasteiger charge is -2.35. The van der Waals surface area contributed by atoms with Crippen molar-refractivity contribution in [1.82, 2.24) is 14.9 Å². The molecule has 2 amide bonds. The van der Waals surface area contributed by atoms with E-state index < -0.39 is 0 Å². The van der Waals surface area contributed by atoms with E-state index in [1.165, 1.54) is 12.5 Å². The molecule has 4 rings (SSSR count). The molecule has 0 saturated carbocycles. The molecule has 0 radical (unpaired) electrons. The number of pyridine rings is 2. The van der Waals surface area contributed by atoms with Crippen molar-refractivity contribution in [2.45, 2.75) is 0 Å². The highest BCUT2D eigenvalue weighted by Crippen LogP contribution is 2.18. The monoisotopic (exact) mass is 377 g/mol. The Labute approximate surface area is 161 Å². The van der Waals surface area contributed by atoms with Crippen molar-refractivity contribution in [3.8, 4) is 0 Å². The van der Waals surface area contributed by atoms with Gasteiger partial charge in [0.15, 0.2) is 5.76 Å². The third-order valence-corrected chi connectivity index (χ3v) is 4.55. The van der Waals surface area contributed by atoms with E-state index in [-0.39, 0.29) is 11.8 Å². The van der Waals surface area contributed by atoms with Crippen molar-refractivity contribution in [2.24, 2.45) is 0 Å². The van der Waals surface area contributed by atoms with Gasteiger partial charge in [-0.1, -0.05) is 0 Å². The van der Waals surface area contributed by atoms with Crippen LogP contribution in [0.1, 0.15) is 20.9 Å². The summed E-state index contributed by atoms with van der Waals surface area (Å²) in [5.41, 5.74) is 1.10. The zero-order valence-electron chi connectivity index (χ0n) is 15.1. The summed E-state index contributed by atoms with van der Waals surface area (Å²) in [4.78, 5) is 36.8. The lowest BCUT2D eigenvalue weighted by Crippen LogP contribution is -2.49. The third-order valence-electron chi connectivity index (χ3n) is 4.55. The van der Waals surface area contributed by atoms with Crippen LogP contribution >= 0.6 is 0 Å². The molecule has 0 bridgehead atoms. The predicted molar refractivity (Wildman–Crippen MR) is 103 cm³/mol. The minimum atomic E-state index is -0.229. The predicted octanol–water partition coefficient (Wildman–Crippen LogP) is 2.28. The molecule has 0 atom stereocenters. The molecule has 3 aromatic heterocycles. The molecule has 1 aliphatic heterocycles. The second-order valence-electron chi connectivity index (χ2n) is 6.36. The summed E-state index contributed by atoms with van der Waals surface area (Å²) in [6.07, 6.45) is 6.27. The Bertz CT molecular complexity index is 934.